The van der Waals surface area contributed by atoms with Crippen LogP contribution in [0, 0.1) is 6.92 Å². The first-order chi connectivity index (χ1) is 11.7. The minimum atomic E-state index is 0.112. The first-order valence-corrected chi connectivity index (χ1v) is 8.89. The second-order valence-corrected chi connectivity index (χ2v) is 6.80. The number of benzene rings is 1. The smallest absolute Gasteiger partial charge is 0.258 e. The van der Waals surface area contributed by atoms with E-state index in [0.29, 0.717) is 28.8 Å². The van der Waals surface area contributed by atoms with Gasteiger partial charge in [0.2, 0.25) is 5.91 Å². The molecule has 0 fully saturated rings. The van der Waals surface area contributed by atoms with E-state index in [2.05, 4.69) is 28.2 Å². The highest BCUT2D eigenvalue weighted by Crippen LogP contribution is 2.24. The number of pyridine rings is 1. The van der Waals surface area contributed by atoms with Gasteiger partial charge in [-0.1, -0.05) is 36.0 Å². The zero-order valence-corrected chi connectivity index (χ0v) is 14.2. The summed E-state index contributed by atoms with van der Waals surface area (Å²) in [6.45, 7) is 3.37. The number of thioether (sulfide) groups is 1. The molecule has 122 valence electrons. The summed E-state index contributed by atoms with van der Waals surface area (Å²) in [6.07, 6.45) is 0.915. The van der Waals surface area contributed by atoms with Crippen LogP contribution in [-0.2, 0) is 17.8 Å². The Bertz CT molecular complexity index is 906. The highest BCUT2D eigenvalue weighted by atomic mass is 32.2. The summed E-state index contributed by atoms with van der Waals surface area (Å²) >= 11 is 1.33. The fourth-order valence-electron chi connectivity index (χ4n) is 2.88. The molecular formula is C18H17N3O2S. The zero-order valence-electron chi connectivity index (χ0n) is 13.4. The molecule has 1 aromatic carbocycles. The van der Waals surface area contributed by atoms with Crippen LogP contribution < -0.4 is 0 Å². The molecule has 3 heterocycles. The van der Waals surface area contributed by atoms with Crippen LogP contribution in [0.5, 0.6) is 0 Å². The molecule has 2 aromatic heterocycles. The molecule has 0 atom stereocenters. The number of aryl methyl sites for hydroxylation is 1. The Morgan fingerprint density at radius 2 is 2.04 bits per heavy atom. The second-order valence-electron chi connectivity index (χ2n) is 5.88. The maximum atomic E-state index is 12.5. The quantitative estimate of drug-likeness (QED) is 0.686. The SMILES string of the molecule is Cc1ccc2oc(SCC(=O)N3CCc4ccccc4C3)nc2n1. The van der Waals surface area contributed by atoms with Crippen LogP contribution in [0.1, 0.15) is 16.8 Å². The summed E-state index contributed by atoms with van der Waals surface area (Å²) in [4.78, 5) is 23.0. The average molecular weight is 339 g/mol. The molecule has 0 bridgehead atoms. The van der Waals surface area contributed by atoms with Crippen molar-refractivity contribution in [1.82, 2.24) is 14.9 Å². The third-order valence-corrected chi connectivity index (χ3v) is 4.99. The Balaban J connectivity index is 1.41. The van der Waals surface area contributed by atoms with Crippen molar-refractivity contribution in [3.05, 3.63) is 53.2 Å². The number of amides is 1. The molecule has 1 aliphatic rings. The van der Waals surface area contributed by atoms with Crippen molar-refractivity contribution in [2.45, 2.75) is 25.1 Å². The van der Waals surface area contributed by atoms with Crippen molar-refractivity contribution in [2.24, 2.45) is 0 Å². The predicted octanol–water partition coefficient (Wildman–Crippen LogP) is 3.21. The number of carbonyl (C=O) groups is 1. The minimum Gasteiger partial charge on any atom is -0.430 e. The molecule has 5 nitrogen and oxygen atoms in total. The Morgan fingerprint density at radius 3 is 2.92 bits per heavy atom. The van der Waals surface area contributed by atoms with Gasteiger partial charge in [-0.25, -0.2) is 4.98 Å². The molecule has 0 N–H and O–H groups in total. The maximum absolute atomic E-state index is 12.5. The van der Waals surface area contributed by atoms with Crippen LogP contribution in [0.15, 0.2) is 46.0 Å². The number of rotatable bonds is 3. The third-order valence-electron chi connectivity index (χ3n) is 4.18. The molecule has 1 amide bonds. The summed E-state index contributed by atoms with van der Waals surface area (Å²) < 4.78 is 5.64. The normalized spacial score (nSPS) is 14.0. The van der Waals surface area contributed by atoms with E-state index in [1.165, 1.54) is 22.9 Å². The molecule has 0 radical (unpaired) electrons. The standard InChI is InChI=1S/C18H17N3O2S/c1-12-6-7-15-17(19-12)20-18(23-15)24-11-16(22)21-9-8-13-4-2-3-5-14(13)10-21/h2-7H,8-11H2,1H3. The number of hydrogen-bond donors (Lipinski definition) is 0. The van der Waals surface area contributed by atoms with E-state index in [4.69, 9.17) is 4.42 Å². The van der Waals surface area contributed by atoms with Gasteiger partial charge in [0, 0.05) is 18.8 Å². The number of nitrogens with zero attached hydrogens (tertiary/aromatic N) is 3. The van der Waals surface area contributed by atoms with E-state index >= 15 is 0 Å². The lowest BCUT2D eigenvalue weighted by atomic mass is 10.00. The number of oxazole rings is 1. The lowest BCUT2D eigenvalue weighted by Gasteiger charge is -2.28. The summed E-state index contributed by atoms with van der Waals surface area (Å²) in [7, 11) is 0. The van der Waals surface area contributed by atoms with Crippen molar-refractivity contribution >= 4 is 28.9 Å². The molecule has 3 aromatic rings. The van der Waals surface area contributed by atoms with Gasteiger partial charge in [0.05, 0.1) is 5.75 Å². The molecule has 24 heavy (non-hydrogen) atoms. The first-order valence-electron chi connectivity index (χ1n) is 7.90. The number of aromatic nitrogens is 2. The Morgan fingerprint density at radius 1 is 1.21 bits per heavy atom. The lowest BCUT2D eigenvalue weighted by Crippen LogP contribution is -2.37. The minimum absolute atomic E-state index is 0.112. The summed E-state index contributed by atoms with van der Waals surface area (Å²) in [5.74, 6) is 0.439. The van der Waals surface area contributed by atoms with E-state index in [0.717, 1.165) is 18.7 Å². The Hall–Kier alpha value is -2.34. The van der Waals surface area contributed by atoms with E-state index in [9.17, 15) is 4.79 Å². The van der Waals surface area contributed by atoms with Gasteiger partial charge < -0.3 is 9.32 Å². The Kier molecular flexibility index (Phi) is 3.98. The number of fused-ring (bicyclic) bond motifs is 2. The van der Waals surface area contributed by atoms with Gasteiger partial charge in [-0.3, -0.25) is 4.79 Å². The molecule has 0 saturated heterocycles. The largest absolute Gasteiger partial charge is 0.430 e. The van der Waals surface area contributed by atoms with Crippen LogP contribution in [0.2, 0.25) is 0 Å². The average Bonchev–Trinajstić information content (AvgIpc) is 3.01. The van der Waals surface area contributed by atoms with Gasteiger partial charge >= 0.3 is 0 Å². The van der Waals surface area contributed by atoms with Crippen LogP contribution in [0.4, 0.5) is 0 Å². The summed E-state index contributed by atoms with van der Waals surface area (Å²) in [5, 5.41) is 0.494. The molecule has 0 saturated carbocycles. The van der Waals surface area contributed by atoms with Gasteiger partial charge in [-0.2, -0.15) is 4.98 Å². The molecule has 1 aliphatic heterocycles. The molecule has 6 heteroatoms. The highest BCUT2D eigenvalue weighted by Gasteiger charge is 2.21. The van der Waals surface area contributed by atoms with Crippen molar-refractivity contribution in [1.29, 1.82) is 0 Å². The van der Waals surface area contributed by atoms with E-state index in [1.807, 2.05) is 30.0 Å². The molecular weight excluding hydrogens is 322 g/mol. The van der Waals surface area contributed by atoms with Crippen molar-refractivity contribution in [3.63, 3.8) is 0 Å². The predicted molar refractivity (Wildman–Crippen MR) is 92.8 cm³/mol. The zero-order chi connectivity index (χ0) is 16.5. The highest BCUT2D eigenvalue weighted by molar-refractivity contribution is 7.99. The third kappa shape index (κ3) is 3.01. The fraction of sp³-hybridized carbons (Fsp3) is 0.278. The molecule has 0 spiro atoms. The summed E-state index contributed by atoms with van der Waals surface area (Å²) in [6, 6.07) is 12.1. The van der Waals surface area contributed by atoms with Gasteiger partial charge in [0.15, 0.2) is 11.2 Å². The molecule has 0 unspecified atom stereocenters. The van der Waals surface area contributed by atoms with E-state index in [-0.39, 0.29) is 5.91 Å². The molecule has 0 aliphatic carbocycles. The van der Waals surface area contributed by atoms with Gasteiger partial charge in [0.25, 0.3) is 5.22 Å². The maximum Gasteiger partial charge on any atom is 0.258 e. The topological polar surface area (TPSA) is 59.2 Å². The first kappa shape index (κ1) is 15.2. The number of hydrogen-bond acceptors (Lipinski definition) is 5. The van der Waals surface area contributed by atoms with E-state index in [1.54, 1.807) is 0 Å². The van der Waals surface area contributed by atoms with Crippen LogP contribution in [-0.4, -0.2) is 33.1 Å². The lowest BCUT2D eigenvalue weighted by molar-refractivity contribution is -0.129. The van der Waals surface area contributed by atoms with Gasteiger partial charge in [-0.05, 0) is 36.6 Å². The Labute approximate surface area is 144 Å². The second kappa shape index (κ2) is 6.28. The van der Waals surface area contributed by atoms with Crippen molar-refractivity contribution < 1.29 is 9.21 Å². The monoisotopic (exact) mass is 339 g/mol. The van der Waals surface area contributed by atoms with Crippen LogP contribution in [0.3, 0.4) is 0 Å². The summed E-state index contributed by atoms with van der Waals surface area (Å²) in [5.41, 5.74) is 4.73. The van der Waals surface area contributed by atoms with E-state index < -0.39 is 0 Å². The van der Waals surface area contributed by atoms with Gasteiger partial charge in [0.1, 0.15) is 0 Å². The van der Waals surface area contributed by atoms with Crippen molar-refractivity contribution in [3.8, 4) is 0 Å². The van der Waals surface area contributed by atoms with Gasteiger partial charge in [-0.15, -0.1) is 0 Å². The van der Waals surface area contributed by atoms with Crippen LogP contribution >= 0.6 is 11.8 Å². The number of carbonyl (C=O) groups excluding carboxylic acids is 1. The van der Waals surface area contributed by atoms with Crippen molar-refractivity contribution in [2.75, 3.05) is 12.3 Å². The molecule has 4 rings (SSSR count). The van der Waals surface area contributed by atoms with Crippen LogP contribution in [0.25, 0.3) is 11.2 Å². The fourth-order valence-corrected chi connectivity index (χ4v) is 3.61.